The number of benzene rings is 1. The molecule has 1 aromatic heterocycles. The lowest BCUT2D eigenvalue weighted by molar-refractivity contribution is 0.251. The van der Waals surface area contributed by atoms with E-state index in [0.717, 1.165) is 4.57 Å². The van der Waals surface area contributed by atoms with Gasteiger partial charge in [0.15, 0.2) is 11.3 Å². The van der Waals surface area contributed by atoms with Crippen LogP contribution in [0.1, 0.15) is 0 Å². The minimum absolute atomic E-state index is 0.484. The van der Waals surface area contributed by atoms with Crippen LogP contribution in [0.25, 0.3) is 0 Å². The molecule has 0 aliphatic rings. The van der Waals surface area contributed by atoms with Gasteiger partial charge in [0.05, 0.1) is 6.20 Å². The summed E-state index contributed by atoms with van der Waals surface area (Å²) in [5, 5.41) is 9.74. The molecule has 2 aromatic rings. The highest BCUT2D eigenvalue weighted by Crippen LogP contribution is 2.04. The van der Waals surface area contributed by atoms with Gasteiger partial charge in [0.25, 0.3) is 0 Å². The quantitative estimate of drug-likeness (QED) is 0.800. The van der Waals surface area contributed by atoms with E-state index in [4.69, 9.17) is 5.41 Å². The first kappa shape index (κ1) is 12.7. The maximum Gasteiger partial charge on any atom is 0.337 e. The zero-order valence-corrected chi connectivity index (χ0v) is 10.1. The summed E-state index contributed by atoms with van der Waals surface area (Å²) in [5.74, 6) is -0.953. The Morgan fingerprint density at radius 3 is 2.58 bits per heavy atom. The normalized spacial score (nSPS) is 10.2. The van der Waals surface area contributed by atoms with Gasteiger partial charge in [0.1, 0.15) is 0 Å². The molecule has 0 unspecified atom stereocenters. The molecule has 2 rings (SSSR count). The van der Waals surface area contributed by atoms with Crippen molar-refractivity contribution in [1.82, 2.24) is 9.13 Å². The minimum Gasteiger partial charge on any atom is -0.307 e. The number of para-hydroxylation sites is 1. The maximum absolute atomic E-state index is 13.4. The third kappa shape index (κ3) is 2.44. The zero-order valence-electron chi connectivity index (χ0n) is 10.1. The van der Waals surface area contributed by atoms with E-state index < -0.39 is 23.0 Å². The predicted octanol–water partition coefficient (Wildman–Crippen LogP) is 0.886. The third-order valence-electron chi connectivity index (χ3n) is 2.54. The van der Waals surface area contributed by atoms with Gasteiger partial charge in [0, 0.05) is 12.7 Å². The largest absolute Gasteiger partial charge is 0.337 e. The molecule has 0 radical (unpaired) electrons. The van der Waals surface area contributed by atoms with E-state index in [9.17, 15) is 14.0 Å². The van der Waals surface area contributed by atoms with Crippen molar-refractivity contribution >= 4 is 11.7 Å². The standard InChI is InChI=1S/C12H11FN4O2/c1-16-10(14)9(13)7-17(12(16)19)11(18)15-8-5-3-2-4-6-8/h2-7,14H,1H3,(H,15,18). The monoisotopic (exact) mass is 262 g/mol. The topological polar surface area (TPSA) is 79.9 Å². The fourth-order valence-electron chi connectivity index (χ4n) is 1.50. The Labute approximate surface area is 107 Å². The van der Waals surface area contributed by atoms with Crippen molar-refractivity contribution in [3.05, 3.63) is 58.3 Å². The van der Waals surface area contributed by atoms with Crippen molar-refractivity contribution in [2.24, 2.45) is 7.05 Å². The highest BCUT2D eigenvalue weighted by atomic mass is 19.1. The van der Waals surface area contributed by atoms with Crippen molar-refractivity contribution in [1.29, 1.82) is 5.41 Å². The molecule has 1 aromatic carbocycles. The Hall–Kier alpha value is -2.70. The highest BCUT2D eigenvalue weighted by Gasteiger charge is 2.12. The fraction of sp³-hybridized carbons (Fsp3) is 0.0833. The third-order valence-corrected chi connectivity index (χ3v) is 2.54. The number of amides is 1. The molecule has 1 amide bonds. The van der Waals surface area contributed by atoms with E-state index in [-0.39, 0.29) is 0 Å². The van der Waals surface area contributed by atoms with Crippen LogP contribution in [0.2, 0.25) is 0 Å². The van der Waals surface area contributed by atoms with Crippen molar-refractivity contribution in [2.75, 3.05) is 5.32 Å². The molecule has 6 nitrogen and oxygen atoms in total. The van der Waals surface area contributed by atoms with Gasteiger partial charge in [-0.1, -0.05) is 18.2 Å². The first-order valence-electron chi connectivity index (χ1n) is 5.40. The summed E-state index contributed by atoms with van der Waals surface area (Å²) in [7, 11) is 1.22. The highest BCUT2D eigenvalue weighted by molar-refractivity contribution is 5.90. The average Bonchev–Trinajstić information content (AvgIpc) is 2.41. The average molecular weight is 262 g/mol. The van der Waals surface area contributed by atoms with E-state index >= 15 is 0 Å². The minimum atomic E-state index is -0.953. The number of rotatable bonds is 1. The van der Waals surface area contributed by atoms with Crippen LogP contribution in [0.3, 0.4) is 0 Å². The summed E-state index contributed by atoms with van der Waals surface area (Å²) in [6, 6.07) is 7.69. The van der Waals surface area contributed by atoms with E-state index in [1.54, 1.807) is 30.3 Å². The Bertz CT molecular complexity index is 734. The number of carbonyl (C=O) groups is 1. The summed E-state index contributed by atoms with van der Waals surface area (Å²) < 4.78 is 14.7. The number of nitrogens with one attached hydrogen (secondary N) is 2. The van der Waals surface area contributed by atoms with Gasteiger partial charge in [-0.2, -0.15) is 0 Å². The number of hydrogen-bond acceptors (Lipinski definition) is 3. The molecular formula is C12H11FN4O2. The summed E-state index contributed by atoms with van der Waals surface area (Å²) in [6.45, 7) is 0. The van der Waals surface area contributed by atoms with Gasteiger partial charge in [-0.3, -0.25) is 9.98 Å². The summed E-state index contributed by atoms with van der Waals surface area (Å²) in [6.07, 6.45) is 0.697. The van der Waals surface area contributed by atoms with E-state index in [1.165, 1.54) is 7.05 Å². The Kier molecular flexibility index (Phi) is 3.28. The molecule has 0 aliphatic carbocycles. The van der Waals surface area contributed by atoms with Gasteiger partial charge < -0.3 is 5.32 Å². The lowest BCUT2D eigenvalue weighted by atomic mass is 10.3. The summed E-state index contributed by atoms with van der Waals surface area (Å²) in [4.78, 5) is 23.6. The number of carbonyl (C=O) groups excluding carboxylic acids is 1. The van der Waals surface area contributed by atoms with Crippen LogP contribution < -0.4 is 16.5 Å². The second-order valence-electron chi connectivity index (χ2n) is 3.83. The predicted molar refractivity (Wildman–Crippen MR) is 66.3 cm³/mol. The molecule has 1 heterocycles. The van der Waals surface area contributed by atoms with Crippen LogP contribution in [-0.4, -0.2) is 15.2 Å². The lowest BCUT2D eigenvalue weighted by Gasteiger charge is -2.08. The molecule has 19 heavy (non-hydrogen) atoms. The molecule has 2 N–H and O–H groups in total. The van der Waals surface area contributed by atoms with Crippen LogP contribution in [0.4, 0.5) is 14.9 Å². The first-order chi connectivity index (χ1) is 9.00. The Morgan fingerprint density at radius 1 is 1.32 bits per heavy atom. The van der Waals surface area contributed by atoms with Crippen LogP contribution in [0, 0.1) is 11.2 Å². The lowest BCUT2D eigenvalue weighted by Crippen LogP contribution is -2.43. The zero-order chi connectivity index (χ0) is 14.0. The summed E-state index contributed by atoms with van der Waals surface area (Å²) >= 11 is 0. The summed E-state index contributed by atoms with van der Waals surface area (Å²) in [5.41, 5.74) is -0.883. The van der Waals surface area contributed by atoms with Crippen LogP contribution in [-0.2, 0) is 7.05 Å². The van der Waals surface area contributed by atoms with Crippen LogP contribution in [0.15, 0.2) is 41.3 Å². The van der Waals surface area contributed by atoms with Gasteiger partial charge in [-0.05, 0) is 12.1 Å². The Morgan fingerprint density at radius 2 is 1.95 bits per heavy atom. The van der Waals surface area contributed by atoms with E-state index in [2.05, 4.69) is 5.32 Å². The van der Waals surface area contributed by atoms with Crippen molar-refractivity contribution in [3.63, 3.8) is 0 Å². The molecule has 7 heteroatoms. The Balaban J connectivity index is 2.41. The molecule has 0 saturated heterocycles. The van der Waals surface area contributed by atoms with Gasteiger partial charge in [0.2, 0.25) is 0 Å². The molecule has 0 spiro atoms. The second-order valence-corrected chi connectivity index (χ2v) is 3.83. The first-order valence-corrected chi connectivity index (χ1v) is 5.40. The molecular weight excluding hydrogens is 251 g/mol. The van der Waals surface area contributed by atoms with Crippen molar-refractivity contribution in [2.45, 2.75) is 0 Å². The number of nitrogens with zero attached hydrogens (tertiary/aromatic N) is 2. The van der Waals surface area contributed by atoms with E-state index in [0.29, 0.717) is 16.5 Å². The van der Waals surface area contributed by atoms with E-state index in [1.807, 2.05) is 0 Å². The molecule has 0 bridgehead atoms. The molecule has 98 valence electrons. The molecule has 0 fully saturated rings. The molecule has 0 saturated carbocycles. The number of halogens is 1. The van der Waals surface area contributed by atoms with Gasteiger partial charge in [-0.25, -0.2) is 18.5 Å². The number of aromatic nitrogens is 2. The van der Waals surface area contributed by atoms with Crippen LogP contribution in [0.5, 0.6) is 0 Å². The van der Waals surface area contributed by atoms with Gasteiger partial charge >= 0.3 is 11.7 Å². The fourth-order valence-corrected chi connectivity index (χ4v) is 1.50. The SMILES string of the molecule is Cn1c(=N)c(F)cn(C(=O)Nc2ccccc2)c1=O. The second kappa shape index (κ2) is 4.89. The smallest absolute Gasteiger partial charge is 0.307 e. The maximum atomic E-state index is 13.4. The van der Waals surface area contributed by atoms with Crippen molar-refractivity contribution in [3.8, 4) is 0 Å². The molecule has 0 atom stereocenters. The van der Waals surface area contributed by atoms with Crippen molar-refractivity contribution < 1.29 is 9.18 Å². The number of anilines is 1. The molecule has 0 aliphatic heterocycles. The number of hydrogen-bond donors (Lipinski definition) is 2. The van der Waals surface area contributed by atoms with Crippen LogP contribution >= 0.6 is 0 Å². The van der Waals surface area contributed by atoms with Gasteiger partial charge in [-0.15, -0.1) is 0 Å².